The molecule has 2 aliphatic rings. The zero-order valence-electron chi connectivity index (χ0n) is 18.5. The standard InChI is InChI=1S/C25H29N5O2/c1-17-12-23(30-22-9-5-4-8-21(22)28-25(30)20(17)14-26)27-15-18-13-24(31)29(16-18)10-11-32-19-6-2-3-7-19/h4-5,8-9,12,18-19,27H,2-3,6-7,10-11,13,15-16H2,1H3. The zero-order valence-corrected chi connectivity index (χ0v) is 18.5. The molecular formula is C25H29N5O2. The number of anilines is 1. The van der Waals surface area contributed by atoms with Gasteiger partial charge in [-0.25, -0.2) is 4.98 Å². The quantitative estimate of drug-likeness (QED) is 0.614. The summed E-state index contributed by atoms with van der Waals surface area (Å²) in [6, 6.07) is 12.2. The first-order valence-corrected chi connectivity index (χ1v) is 11.6. The van der Waals surface area contributed by atoms with E-state index in [9.17, 15) is 10.1 Å². The Hall–Kier alpha value is -3.11. The van der Waals surface area contributed by atoms with Crippen molar-refractivity contribution >= 4 is 28.4 Å². The van der Waals surface area contributed by atoms with Crippen LogP contribution in [0.3, 0.4) is 0 Å². The molecule has 1 saturated carbocycles. The molecule has 1 N–H and O–H groups in total. The van der Waals surface area contributed by atoms with E-state index in [0.717, 1.165) is 41.8 Å². The molecule has 1 aliphatic heterocycles. The second-order valence-corrected chi connectivity index (χ2v) is 9.03. The first kappa shape index (κ1) is 20.8. The molecule has 1 saturated heterocycles. The number of nitrogens with zero attached hydrogens (tertiary/aromatic N) is 4. The highest BCUT2D eigenvalue weighted by atomic mass is 16.5. The summed E-state index contributed by atoms with van der Waals surface area (Å²) in [7, 11) is 0. The third kappa shape index (κ3) is 3.91. The third-order valence-electron chi connectivity index (χ3n) is 6.77. The van der Waals surface area contributed by atoms with Crippen molar-refractivity contribution in [2.75, 3.05) is 31.6 Å². The molecule has 0 spiro atoms. The Labute approximate surface area is 188 Å². The highest BCUT2D eigenvalue weighted by molar-refractivity contribution is 5.85. The summed E-state index contributed by atoms with van der Waals surface area (Å²) in [6.45, 7) is 4.70. The number of carbonyl (C=O) groups is 1. The van der Waals surface area contributed by atoms with E-state index in [1.165, 1.54) is 12.8 Å². The Kier molecular flexibility index (Phi) is 5.71. The van der Waals surface area contributed by atoms with Crippen LogP contribution in [0.4, 0.5) is 5.82 Å². The van der Waals surface area contributed by atoms with E-state index in [2.05, 4.69) is 11.4 Å². The maximum absolute atomic E-state index is 12.5. The summed E-state index contributed by atoms with van der Waals surface area (Å²) < 4.78 is 7.97. The van der Waals surface area contributed by atoms with Crippen molar-refractivity contribution in [1.82, 2.24) is 14.3 Å². The van der Waals surface area contributed by atoms with Crippen molar-refractivity contribution in [2.24, 2.45) is 5.92 Å². The Balaban J connectivity index is 1.28. The maximum Gasteiger partial charge on any atom is 0.223 e. The van der Waals surface area contributed by atoms with E-state index in [4.69, 9.17) is 9.72 Å². The Morgan fingerprint density at radius 1 is 1.28 bits per heavy atom. The lowest BCUT2D eigenvalue weighted by Gasteiger charge is -2.19. The summed E-state index contributed by atoms with van der Waals surface area (Å²) in [4.78, 5) is 19.1. The average Bonchev–Trinajstić information content (AvgIpc) is 3.51. The lowest BCUT2D eigenvalue weighted by atomic mass is 10.1. The lowest BCUT2D eigenvalue weighted by Crippen LogP contribution is -2.30. The smallest absolute Gasteiger partial charge is 0.223 e. The van der Waals surface area contributed by atoms with E-state index < -0.39 is 0 Å². The summed E-state index contributed by atoms with van der Waals surface area (Å²) >= 11 is 0. The molecule has 1 amide bonds. The van der Waals surface area contributed by atoms with Crippen LogP contribution in [0.15, 0.2) is 30.3 Å². The molecule has 0 radical (unpaired) electrons. The largest absolute Gasteiger partial charge is 0.376 e. The molecule has 1 atom stereocenters. The summed E-state index contributed by atoms with van der Waals surface area (Å²) in [5.41, 5.74) is 3.99. The molecule has 2 aromatic heterocycles. The lowest BCUT2D eigenvalue weighted by molar-refractivity contribution is -0.128. The van der Waals surface area contributed by atoms with Crippen molar-refractivity contribution in [3.8, 4) is 6.07 Å². The van der Waals surface area contributed by atoms with Crippen molar-refractivity contribution < 1.29 is 9.53 Å². The number of fused-ring (bicyclic) bond motifs is 3. The number of amides is 1. The SMILES string of the molecule is Cc1cc(NCC2CC(=O)N(CCOC3CCCC3)C2)n2c(nc3ccccc32)c1C#N. The molecule has 0 bridgehead atoms. The molecule has 7 nitrogen and oxygen atoms in total. The number of likely N-dealkylation sites (tertiary alicyclic amines) is 1. The maximum atomic E-state index is 12.5. The van der Waals surface area contributed by atoms with E-state index in [1.54, 1.807) is 0 Å². The zero-order chi connectivity index (χ0) is 22.1. The van der Waals surface area contributed by atoms with Crippen molar-refractivity contribution in [1.29, 1.82) is 5.26 Å². The van der Waals surface area contributed by atoms with Gasteiger partial charge in [0.2, 0.25) is 5.91 Å². The number of nitrogens with one attached hydrogen (secondary N) is 1. The molecule has 1 unspecified atom stereocenters. The van der Waals surface area contributed by atoms with Gasteiger partial charge < -0.3 is 15.0 Å². The molecule has 3 aromatic rings. The molecular weight excluding hydrogens is 402 g/mol. The van der Waals surface area contributed by atoms with E-state index in [0.29, 0.717) is 43.4 Å². The van der Waals surface area contributed by atoms with Crippen molar-refractivity contribution in [3.63, 3.8) is 0 Å². The highest BCUT2D eigenvalue weighted by Crippen LogP contribution is 2.27. The van der Waals surface area contributed by atoms with E-state index in [-0.39, 0.29) is 11.8 Å². The van der Waals surface area contributed by atoms with Crippen molar-refractivity contribution in [2.45, 2.75) is 45.1 Å². The fraction of sp³-hybridized carbons (Fsp3) is 0.480. The molecule has 7 heteroatoms. The van der Waals surface area contributed by atoms with Crippen LogP contribution in [0.5, 0.6) is 0 Å². The van der Waals surface area contributed by atoms with Gasteiger partial charge in [-0.05, 0) is 43.5 Å². The van der Waals surface area contributed by atoms with Gasteiger partial charge in [-0.1, -0.05) is 25.0 Å². The predicted octanol–water partition coefficient (Wildman–Crippen LogP) is 3.89. The predicted molar refractivity (Wildman–Crippen MR) is 124 cm³/mol. The Bertz CT molecular complexity index is 1190. The normalized spacial score (nSPS) is 19.3. The van der Waals surface area contributed by atoms with Gasteiger partial charge in [-0.15, -0.1) is 0 Å². The van der Waals surface area contributed by atoms with Gasteiger partial charge in [0.25, 0.3) is 0 Å². The van der Waals surface area contributed by atoms with Gasteiger partial charge >= 0.3 is 0 Å². The number of ether oxygens (including phenoxy) is 1. The molecule has 5 rings (SSSR count). The highest BCUT2D eigenvalue weighted by Gasteiger charge is 2.29. The van der Waals surface area contributed by atoms with Gasteiger partial charge in [0.1, 0.15) is 11.9 Å². The monoisotopic (exact) mass is 431 g/mol. The summed E-state index contributed by atoms with van der Waals surface area (Å²) in [5, 5.41) is 13.2. The molecule has 1 aliphatic carbocycles. The van der Waals surface area contributed by atoms with Gasteiger partial charge in [0.05, 0.1) is 29.3 Å². The molecule has 166 valence electrons. The summed E-state index contributed by atoms with van der Waals surface area (Å²) in [5.74, 6) is 1.36. The average molecular weight is 432 g/mol. The van der Waals surface area contributed by atoms with Crippen LogP contribution in [0.1, 0.15) is 43.2 Å². The number of rotatable bonds is 7. The number of hydrogen-bond donors (Lipinski definition) is 1. The van der Waals surface area contributed by atoms with Crippen LogP contribution >= 0.6 is 0 Å². The van der Waals surface area contributed by atoms with Gasteiger partial charge in [0, 0.05) is 32.0 Å². The molecule has 32 heavy (non-hydrogen) atoms. The van der Waals surface area contributed by atoms with Crippen molar-refractivity contribution in [3.05, 3.63) is 41.5 Å². The number of para-hydroxylation sites is 2. The van der Waals surface area contributed by atoms with Crippen LogP contribution in [0, 0.1) is 24.2 Å². The molecule has 3 heterocycles. The Morgan fingerprint density at radius 2 is 2.09 bits per heavy atom. The van der Waals surface area contributed by atoms with E-state index >= 15 is 0 Å². The van der Waals surface area contributed by atoms with Gasteiger partial charge in [-0.3, -0.25) is 9.20 Å². The number of aryl methyl sites for hydroxylation is 1. The second-order valence-electron chi connectivity index (χ2n) is 9.03. The number of carbonyl (C=O) groups excluding carboxylic acids is 1. The third-order valence-corrected chi connectivity index (χ3v) is 6.77. The van der Waals surface area contributed by atoms with Crippen LogP contribution in [0.25, 0.3) is 16.7 Å². The minimum absolute atomic E-state index is 0.209. The number of pyridine rings is 1. The minimum Gasteiger partial charge on any atom is -0.376 e. The van der Waals surface area contributed by atoms with E-state index in [1.807, 2.05) is 46.6 Å². The van der Waals surface area contributed by atoms with Gasteiger partial charge in [0.15, 0.2) is 5.65 Å². The number of imidazole rings is 1. The number of hydrogen-bond acceptors (Lipinski definition) is 5. The number of nitriles is 1. The van der Waals surface area contributed by atoms with Crippen LogP contribution in [0.2, 0.25) is 0 Å². The van der Waals surface area contributed by atoms with Gasteiger partial charge in [-0.2, -0.15) is 5.26 Å². The second kappa shape index (κ2) is 8.79. The first-order chi connectivity index (χ1) is 15.6. The number of aromatic nitrogens is 2. The van der Waals surface area contributed by atoms with Crippen LogP contribution < -0.4 is 5.32 Å². The fourth-order valence-corrected chi connectivity index (χ4v) is 5.06. The Morgan fingerprint density at radius 3 is 2.91 bits per heavy atom. The molecule has 2 fully saturated rings. The topological polar surface area (TPSA) is 82.7 Å². The minimum atomic E-state index is 0.209. The molecule has 1 aromatic carbocycles. The first-order valence-electron chi connectivity index (χ1n) is 11.6. The fourth-order valence-electron chi connectivity index (χ4n) is 5.06. The van der Waals surface area contributed by atoms with Crippen LogP contribution in [-0.2, 0) is 9.53 Å². The summed E-state index contributed by atoms with van der Waals surface area (Å²) in [6.07, 6.45) is 5.77. The van der Waals surface area contributed by atoms with Crippen LogP contribution in [-0.4, -0.2) is 52.5 Å². The number of benzene rings is 1.